The number of hydrogen-bond acceptors (Lipinski definition) is 7. The van der Waals surface area contributed by atoms with Crippen molar-refractivity contribution in [2.75, 3.05) is 11.9 Å². The number of rotatable bonds is 7. The summed E-state index contributed by atoms with van der Waals surface area (Å²) in [5.74, 6) is -1.88. The number of carbonyl (C=O) groups is 3. The largest absolute Gasteiger partial charge is 0.439 e. The summed E-state index contributed by atoms with van der Waals surface area (Å²) in [6.45, 7) is 0.130. The minimum absolute atomic E-state index is 0.0450. The molecule has 3 aromatic rings. The molecule has 10 nitrogen and oxygen atoms in total. The average Bonchev–Trinajstić information content (AvgIpc) is 2.84. The summed E-state index contributed by atoms with van der Waals surface area (Å²) in [4.78, 5) is 45.8. The first kappa shape index (κ1) is 23.7. The second kappa shape index (κ2) is 10.2. The fourth-order valence-electron chi connectivity index (χ4n) is 3.34. The highest BCUT2D eigenvalue weighted by molar-refractivity contribution is 6.30. The van der Waals surface area contributed by atoms with E-state index >= 15 is 0 Å². The van der Waals surface area contributed by atoms with E-state index in [0.29, 0.717) is 16.5 Å². The predicted octanol–water partition coefficient (Wildman–Crippen LogP) is 2.54. The van der Waals surface area contributed by atoms with Gasteiger partial charge in [-0.2, -0.15) is 0 Å². The van der Waals surface area contributed by atoms with Crippen LogP contribution in [0.15, 0.2) is 71.7 Å². The Kier molecular flexibility index (Phi) is 6.93. The van der Waals surface area contributed by atoms with Crippen LogP contribution in [0.1, 0.15) is 16.1 Å². The molecule has 2 aromatic carbocycles. The van der Waals surface area contributed by atoms with Crippen molar-refractivity contribution in [2.24, 2.45) is 22.4 Å². The van der Waals surface area contributed by atoms with Crippen LogP contribution in [0.5, 0.6) is 11.6 Å². The van der Waals surface area contributed by atoms with Gasteiger partial charge >= 0.3 is 0 Å². The van der Waals surface area contributed by atoms with Crippen LogP contribution >= 0.6 is 11.6 Å². The van der Waals surface area contributed by atoms with Crippen LogP contribution in [0.25, 0.3) is 0 Å². The van der Waals surface area contributed by atoms with Gasteiger partial charge in [-0.15, -0.1) is 0 Å². The maximum absolute atomic E-state index is 13.0. The Hall–Kier alpha value is -4.44. The number of pyridine rings is 1. The van der Waals surface area contributed by atoms with Crippen molar-refractivity contribution < 1.29 is 19.1 Å². The topological polar surface area (TPSA) is 153 Å². The molecule has 1 aliphatic heterocycles. The molecule has 0 saturated heterocycles. The van der Waals surface area contributed by atoms with Gasteiger partial charge in [0.1, 0.15) is 17.4 Å². The number of benzene rings is 2. The molecule has 0 bridgehead atoms. The number of aromatic nitrogens is 1. The summed E-state index contributed by atoms with van der Waals surface area (Å²) in [5.41, 5.74) is 12.2. The number of nitrogens with zero attached hydrogens (tertiary/aromatic N) is 3. The number of nitrogens with two attached hydrogens (primary N) is 2. The molecule has 1 aliphatic rings. The highest BCUT2D eigenvalue weighted by Gasteiger charge is 2.35. The van der Waals surface area contributed by atoms with Crippen LogP contribution in [0.4, 0.5) is 5.69 Å². The lowest BCUT2D eigenvalue weighted by Crippen LogP contribution is -2.51. The third kappa shape index (κ3) is 5.74. The fourth-order valence-corrected chi connectivity index (χ4v) is 3.47. The molecule has 0 fully saturated rings. The molecule has 1 unspecified atom stereocenters. The zero-order valence-electron chi connectivity index (χ0n) is 18.3. The zero-order chi connectivity index (χ0) is 24.9. The SMILES string of the molecule is NC(=O)c1cccc(Oc2ccc(NC3=NCC(C(N)=O)C(=O)N3Cc3ccc(Cl)cc3)cc2)n1. The fraction of sp³-hybridized carbons (Fsp3) is 0.125. The van der Waals surface area contributed by atoms with Gasteiger partial charge < -0.3 is 21.5 Å². The van der Waals surface area contributed by atoms with E-state index in [1.54, 1.807) is 60.7 Å². The number of aliphatic imine (C=N–C) groups is 1. The summed E-state index contributed by atoms with van der Waals surface area (Å²) >= 11 is 5.96. The number of carbonyl (C=O) groups excluding carboxylic acids is 3. The Morgan fingerprint density at radius 1 is 1.06 bits per heavy atom. The average molecular weight is 493 g/mol. The lowest BCUT2D eigenvalue weighted by Gasteiger charge is -2.31. The van der Waals surface area contributed by atoms with Crippen LogP contribution in [0, 0.1) is 5.92 Å². The minimum atomic E-state index is -1.03. The Labute approximate surface area is 205 Å². The Morgan fingerprint density at radius 2 is 1.77 bits per heavy atom. The second-order valence-electron chi connectivity index (χ2n) is 7.65. The second-order valence-corrected chi connectivity index (χ2v) is 8.08. The predicted molar refractivity (Wildman–Crippen MR) is 130 cm³/mol. The van der Waals surface area contributed by atoms with Gasteiger partial charge in [-0.05, 0) is 48.0 Å². The quantitative estimate of drug-likeness (QED) is 0.431. The highest BCUT2D eigenvalue weighted by Crippen LogP contribution is 2.23. The van der Waals surface area contributed by atoms with E-state index in [4.69, 9.17) is 27.8 Å². The summed E-state index contributed by atoms with van der Waals surface area (Å²) in [7, 11) is 0. The third-order valence-electron chi connectivity index (χ3n) is 5.15. The van der Waals surface area contributed by atoms with Crippen molar-refractivity contribution in [1.29, 1.82) is 0 Å². The Morgan fingerprint density at radius 3 is 2.43 bits per heavy atom. The molecule has 0 saturated carbocycles. The zero-order valence-corrected chi connectivity index (χ0v) is 19.1. The number of halogens is 1. The van der Waals surface area contributed by atoms with E-state index in [-0.39, 0.29) is 30.6 Å². The van der Waals surface area contributed by atoms with Gasteiger partial charge in [0.25, 0.3) is 5.91 Å². The van der Waals surface area contributed by atoms with Crippen molar-refractivity contribution in [1.82, 2.24) is 9.88 Å². The first-order chi connectivity index (χ1) is 16.8. The van der Waals surface area contributed by atoms with Crippen LogP contribution < -0.4 is 21.5 Å². The first-order valence-corrected chi connectivity index (χ1v) is 10.9. The normalized spacial score (nSPS) is 15.3. The number of nitrogens with one attached hydrogen (secondary N) is 1. The molecule has 5 N–H and O–H groups in total. The molecule has 35 heavy (non-hydrogen) atoms. The van der Waals surface area contributed by atoms with E-state index in [2.05, 4.69) is 15.3 Å². The van der Waals surface area contributed by atoms with E-state index in [9.17, 15) is 14.4 Å². The molecule has 1 aromatic heterocycles. The van der Waals surface area contributed by atoms with Gasteiger partial charge in [-0.1, -0.05) is 29.8 Å². The van der Waals surface area contributed by atoms with Crippen molar-refractivity contribution >= 4 is 41.0 Å². The molecule has 3 amide bonds. The number of anilines is 1. The molecule has 0 aliphatic carbocycles. The van der Waals surface area contributed by atoms with Crippen molar-refractivity contribution in [3.8, 4) is 11.6 Å². The molecule has 0 radical (unpaired) electrons. The number of ether oxygens (including phenoxy) is 1. The summed E-state index contributed by atoms with van der Waals surface area (Å²) < 4.78 is 5.68. The molecule has 11 heteroatoms. The van der Waals surface area contributed by atoms with Crippen molar-refractivity contribution in [3.05, 3.63) is 83.0 Å². The van der Waals surface area contributed by atoms with Crippen LogP contribution in [-0.2, 0) is 16.1 Å². The van der Waals surface area contributed by atoms with Gasteiger partial charge in [-0.25, -0.2) is 4.98 Å². The van der Waals surface area contributed by atoms with E-state index in [1.807, 2.05) is 0 Å². The molecular weight excluding hydrogens is 472 g/mol. The van der Waals surface area contributed by atoms with Gasteiger partial charge in [0.05, 0.1) is 13.1 Å². The Balaban J connectivity index is 1.51. The smallest absolute Gasteiger partial charge is 0.267 e. The molecule has 2 heterocycles. The highest BCUT2D eigenvalue weighted by atomic mass is 35.5. The van der Waals surface area contributed by atoms with E-state index < -0.39 is 23.6 Å². The minimum Gasteiger partial charge on any atom is -0.439 e. The van der Waals surface area contributed by atoms with Gasteiger partial charge in [0.2, 0.25) is 23.7 Å². The molecule has 4 rings (SSSR count). The van der Waals surface area contributed by atoms with Crippen LogP contribution in [0.2, 0.25) is 5.02 Å². The standard InChI is InChI=1S/C24H21ClN6O4/c25-15-6-4-14(5-7-15)13-31-23(34)18(21(26)32)12-28-24(31)29-16-8-10-17(11-9-16)35-20-3-1-2-19(30-20)22(27)33/h1-11,18H,12-13H2,(H2,26,32)(H2,27,33)(H,28,29). The third-order valence-corrected chi connectivity index (χ3v) is 5.40. The molecule has 0 spiro atoms. The van der Waals surface area contributed by atoms with E-state index in [0.717, 1.165) is 5.56 Å². The maximum atomic E-state index is 13.0. The Bertz CT molecular complexity index is 1290. The number of primary amides is 2. The number of amides is 3. The monoisotopic (exact) mass is 492 g/mol. The van der Waals surface area contributed by atoms with Gasteiger partial charge in [0.15, 0.2) is 0 Å². The summed E-state index contributed by atoms with van der Waals surface area (Å²) in [6, 6.07) is 18.5. The lowest BCUT2D eigenvalue weighted by atomic mass is 10.1. The van der Waals surface area contributed by atoms with Crippen molar-refractivity contribution in [2.45, 2.75) is 6.54 Å². The molecular formula is C24H21ClN6O4. The van der Waals surface area contributed by atoms with Gasteiger partial charge in [-0.3, -0.25) is 24.3 Å². The maximum Gasteiger partial charge on any atom is 0.267 e. The summed E-state index contributed by atoms with van der Waals surface area (Å²) in [5, 5.41) is 3.68. The molecule has 1 atom stereocenters. The first-order valence-electron chi connectivity index (χ1n) is 10.5. The lowest BCUT2D eigenvalue weighted by molar-refractivity contribution is -0.138. The van der Waals surface area contributed by atoms with E-state index in [1.165, 1.54) is 11.0 Å². The van der Waals surface area contributed by atoms with Crippen molar-refractivity contribution in [3.63, 3.8) is 0 Å². The van der Waals surface area contributed by atoms with Crippen LogP contribution in [-0.4, -0.2) is 40.1 Å². The number of hydrogen-bond donors (Lipinski definition) is 3. The van der Waals surface area contributed by atoms with Gasteiger partial charge in [0, 0.05) is 16.8 Å². The van der Waals surface area contributed by atoms with Crippen LogP contribution in [0.3, 0.4) is 0 Å². The summed E-state index contributed by atoms with van der Waals surface area (Å²) in [6.07, 6.45) is 0. The number of guanidine groups is 1. The molecule has 178 valence electrons.